The summed E-state index contributed by atoms with van der Waals surface area (Å²) in [7, 11) is 1.66. The summed E-state index contributed by atoms with van der Waals surface area (Å²) >= 11 is 0. The van der Waals surface area contributed by atoms with Crippen LogP contribution in [0.4, 0.5) is 0 Å². The lowest BCUT2D eigenvalue weighted by Gasteiger charge is -2.06. The molecule has 4 heteroatoms. The molecule has 0 radical (unpaired) electrons. The van der Waals surface area contributed by atoms with Crippen molar-refractivity contribution in [1.29, 1.82) is 0 Å². The van der Waals surface area contributed by atoms with Crippen molar-refractivity contribution in [2.24, 2.45) is 0 Å². The zero-order valence-corrected chi connectivity index (χ0v) is 11.3. The molecule has 0 saturated heterocycles. The molecule has 1 rings (SSSR count). The first-order chi connectivity index (χ1) is 8.77. The van der Waals surface area contributed by atoms with Crippen molar-refractivity contribution in [1.82, 2.24) is 0 Å². The Kier molecular flexibility index (Phi) is 9.68. The van der Waals surface area contributed by atoms with E-state index in [0.29, 0.717) is 18.6 Å². The highest BCUT2D eigenvalue weighted by molar-refractivity contribution is 5.79. The van der Waals surface area contributed by atoms with E-state index < -0.39 is 0 Å². The van der Waals surface area contributed by atoms with Crippen LogP contribution in [-0.2, 0) is 4.74 Å². The van der Waals surface area contributed by atoms with Crippen molar-refractivity contribution >= 4 is 6.29 Å². The SMILES string of the molecule is CC.COCCCCOc1ccc(C=O)c(O)c1. The standard InChI is InChI=1S/C12H16O4.C2H6/c1-15-6-2-3-7-16-11-5-4-10(9-13)12(14)8-11;1-2/h4-5,8-9,14H,2-3,6-7H2,1H3;1-2H3. The predicted octanol–water partition coefficient (Wildman–Crippen LogP) is 3.04. The summed E-state index contributed by atoms with van der Waals surface area (Å²) in [5, 5.41) is 9.40. The first-order valence-electron chi connectivity index (χ1n) is 6.18. The molecular weight excluding hydrogens is 232 g/mol. The fourth-order valence-electron chi connectivity index (χ4n) is 1.25. The van der Waals surface area contributed by atoms with Crippen molar-refractivity contribution in [2.45, 2.75) is 26.7 Å². The van der Waals surface area contributed by atoms with E-state index in [1.807, 2.05) is 13.8 Å². The average Bonchev–Trinajstić information content (AvgIpc) is 2.41. The third-order valence-corrected chi connectivity index (χ3v) is 2.14. The number of carbonyl (C=O) groups excluding carboxylic acids is 1. The van der Waals surface area contributed by atoms with Crippen molar-refractivity contribution in [3.63, 3.8) is 0 Å². The zero-order chi connectivity index (χ0) is 13.8. The van der Waals surface area contributed by atoms with E-state index in [1.54, 1.807) is 13.2 Å². The van der Waals surface area contributed by atoms with Gasteiger partial charge in [0.15, 0.2) is 6.29 Å². The normalized spacial score (nSPS) is 9.28. The molecule has 18 heavy (non-hydrogen) atoms. The van der Waals surface area contributed by atoms with Gasteiger partial charge in [-0.2, -0.15) is 0 Å². The molecule has 0 aliphatic heterocycles. The molecule has 0 bridgehead atoms. The number of methoxy groups -OCH3 is 1. The number of unbranched alkanes of at least 4 members (excludes halogenated alkanes) is 1. The predicted molar refractivity (Wildman–Crippen MR) is 71.4 cm³/mol. The molecule has 0 atom stereocenters. The number of phenols is 1. The van der Waals surface area contributed by atoms with Gasteiger partial charge in [-0.15, -0.1) is 0 Å². The van der Waals surface area contributed by atoms with Gasteiger partial charge in [-0.3, -0.25) is 4.79 Å². The molecule has 0 heterocycles. The third-order valence-electron chi connectivity index (χ3n) is 2.14. The lowest BCUT2D eigenvalue weighted by Crippen LogP contribution is -1.99. The van der Waals surface area contributed by atoms with E-state index in [0.717, 1.165) is 19.4 Å². The van der Waals surface area contributed by atoms with E-state index in [1.165, 1.54) is 12.1 Å². The van der Waals surface area contributed by atoms with Gasteiger partial charge in [0.05, 0.1) is 12.2 Å². The van der Waals surface area contributed by atoms with Crippen LogP contribution in [0.3, 0.4) is 0 Å². The van der Waals surface area contributed by atoms with Crippen molar-refractivity contribution in [2.75, 3.05) is 20.3 Å². The molecular formula is C14H22O4. The van der Waals surface area contributed by atoms with Gasteiger partial charge in [0.1, 0.15) is 11.5 Å². The van der Waals surface area contributed by atoms with Gasteiger partial charge in [0, 0.05) is 19.8 Å². The number of phenolic OH excluding ortho intramolecular Hbond substituents is 1. The van der Waals surface area contributed by atoms with Crippen LogP contribution in [0.2, 0.25) is 0 Å². The Morgan fingerprint density at radius 2 is 1.89 bits per heavy atom. The number of aromatic hydroxyl groups is 1. The van der Waals surface area contributed by atoms with Crippen LogP contribution < -0.4 is 4.74 Å². The molecule has 0 spiro atoms. The highest BCUT2D eigenvalue weighted by Gasteiger charge is 2.01. The second kappa shape index (κ2) is 10.6. The zero-order valence-electron chi connectivity index (χ0n) is 11.3. The topological polar surface area (TPSA) is 55.8 Å². The largest absolute Gasteiger partial charge is 0.507 e. The smallest absolute Gasteiger partial charge is 0.153 e. The van der Waals surface area contributed by atoms with Crippen LogP contribution in [-0.4, -0.2) is 31.7 Å². The molecule has 0 unspecified atom stereocenters. The van der Waals surface area contributed by atoms with Gasteiger partial charge in [-0.25, -0.2) is 0 Å². The van der Waals surface area contributed by atoms with Crippen LogP contribution >= 0.6 is 0 Å². The number of hydrogen-bond donors (Lipinski definition) is 1. The van der Waals surface area contributed by atoms with Crippen molar-refractivity contribution in [3.05, 3.63) is 23.8 Å². The molecule has 0 aliphatic rings. The number of carbonyl (C=O) groups is 1. The van der Waals surface area contributed by atoms with Crippen LogP contribution in [0.25, 0.3) is 0 Å². The number of benzene rings is 1. The van der Waals surface area contributed by atoms with Crippen LogP contribution in [0, 0.1) is 0 Å². The molecule has 1 aromatic rings. The third kappa shape index (κ3) is 6.25. The quantitative estimate of drug-likeness (QED) is 0.600. The average molecular weight is 254 g/mol. The van der Waals surface area contributed by atoms with E-state index in [2.05, 4.69) is 0 Å². The monoisotopic (exact) mass is 254 g/mol. The number of ether oxygens (including phenoxy) is 2. The van der Waals surface area contributed by atoms with Gasteiger partial charge in [-0.05, 0) is 25.0 Å². The maximum absolute atomic E-state index is 10.5. The van der Waals surface area contributed by atoms with E-state index in [9.17, 15) is 9.90 Å². The number of rotatable bonds is 7. The second-order valence-corrected chi connectivity index (χ2v) is 3.39. The fraction of sp³-hybridized carbons (Fsp3) is 0.500. The van der Waals surface area contributed by atoms with Crippen molar-refractivity contribution in [3.8, 4) is 11.5 Å². The van der Waals surface area contributed by atoms with Crippen LogP contribution in [0.15, 0.2) is 18.2 Å². The maximum atomic E-state index is 10.5. The summed E-state index contributed by atoms with van der Waals surface area (Å²) in [6.45, 7) is 5.29. The van der Waals surface area contributed by atoms with E-state index in [-0.39, 0.29) is 11.3 Å². The van der Waals surface area contributed by atoms with Gasteiger partial charge < -0.3 is 14.6 Å². The molecule has 0 fully saturated rings. The summed E-state index contributed by atoms with van der Waals surface area (Å²) in [5.41, 5.74) is 0.270. The number of aldehydes is 1. The Morgan fingerprint density at radius 3 is 2.44 bits per heavy atom. The number of hydrogen-bond acceptors (Lipinski definition) is 4. The molecule has 1 aromatic carbocycles. The summed E-state index contributed by atoms with van der Waals surface area (Å²) in [4.78, 5) is 10.5. The molecule has 1 N–H and O–H groups in total. The lowest BCUT2D eigenvalue weighted by molar-refractivity contribution is 0.112. The Morgan fingerprint density at radius 1 is 1.22 bits per heavy atom. The van der Waals surface area contributed by atoms with Gasteiger partial charge in [0.2, 0.25) is 0 Å². The van der Waals surface area contributed by atoms with Gasteiger partial charge in [-0.1, -0.05) is 13.8 Å². The van der Waals surface area contributed by atoms with Crippen molar-refractivity contribution < 1.29 is 19.4 Å². The highest BCUT2D eigenvalue weighted by Crippen LogP contribution is 2.22. The molecule has 0 saturated carbocycles. The summed E-state index contributed by atoms with van der Waals surface area (Å²) in [6.07, 6.45) is 2.44. The minimum atomic E-state index is -0.0515. The molecule has 4 nitrogen and oxygen atoms in total. The van der Waals surface area contributed by atoms with Crippen LogP contribution in [0.1, 0.15) is 37.0 Å². The Labute approximate surface area is 109 Å². The minimum absolute atomic E-state index is 0.0515. The summed E-state index contributed by atoms with van der Waals surface area (Å²) in [6, 6.07) is 4.65. The minimum Gasteiger partial charge on any atom is -0.507 e. The fourth-order valence-corrected chi connectivity index (χ4v) is 1.25. The van der Waals surface area contributed by atoms with Crippen LogP contribution in [0.5, 0.6) is 11.5 Å². The van der Waals surface area contributed by atoms with E-state index in [4.69, 9.17) is 9.47 Å². The molecule has 0 aliphatic carbocycles. The van der Waals surface area contributed by atoms with E-state index >= 15 is 0 Å². The van der Waals surface area contributed by atoms with Gasteiger partial charge in [0.25, 0.3) is 0 Å². The molecule has 0 aromatic heterocycles. The Hall–Kier alpha value is -1.55. The summed E-state index contributed by atoms with van der Waals surface area (Å²) in [5.74, 6) is 0.518. The summed E-state index contributed by atoms with van der Waals surface area (Å²) < 4.78 is 10.3. The lowest BCUT2D eigenvalue weighted by atomic mass is 10.2. The first kappa shape index (κ1) is 16.4. The second-order valence-electron chi connectivity index (χ2n) is 3.39. The Balaban J connectivity index is 0.00000137. The Bertz CT molecular complexity index is 337. The molecule has 102 valence electrons. The molecule has 0 amide bonds. The van der Waals surface area contributed by atoms with Gasteiger partial charge >= 0.3 is 0 Å². The maximum Gasteiger partial charge on any atom is 0.153 e. The first-order valence-corrected chi connectivity index (χ1v) is 6.18. The highest BCUT2D eigenvalue weighted by atomic mass is 16.5.